The van der Waals surface area contributed by atoms with Gasteiger partial charge >= 0.3 is 0 Å². The molecule has 0 radical (unpaired) electrons. The van der Waals surface area contributed by atoms with Crippen molar-refractivity contribution in [2.45, 2.75) is 5.54 Å². The molecule has 0 saturated carbocycles. The number of nitrogens with zero attached hydrogens (tertiary/aromatic N) is 3. The highest BCUT2D eigenvalue weighted by molar-refractivity contribution is 5.89. The maximum Gasteiger partial charge on any atom is 0.240 e. The number of carbonyl (C=O) groups excluding carboxylic acids is 3. The van der Waals surface area contributed by atoms with Gasteiger partial charge in [-0.2, -0.15) is 15.0 Å². The summed E-state index contributed by atoms with van der Waals surface area (Å²) in [4.78, 5) is 47.8. The Morgan fingerprint density at radius 3 is 1.52 bits per heavy atom. The standard InChI is InChI=1S/C34H21N3O3/c38-22-35-32-30(27-12-6-2-7-13-27)20-21-31(33(32)36-23-39)34(37-24-40,28-14-8-3-9-15-28)29-18-16-26(17-19-29)25-10-4-1-5-11-25/h1-21H. The Hall–Kier alpha value is -5.76. The zero-order valence-electron chi connectivity index (χ0n) is 21.2. The number of hydrogen-bond acceptors (Lipinski definition) is 6. The molecular formula is C34H21N3O3. The van der Waals surface area contributed by atoms with E-state index in [0.717, 1.165) is 16.7 Å². The van der Waals surface area contributed by atoms with Gasteiger partial charge in [-0.3, -0.25) is 0 Å². The van der Waals surface area contributed by atoms with Crippen LogP contribution in [0, 0.1) is 0 Å². The van der Waals surface area contributed by atoms with Gasteiger partial charge in [-0.1, -0.05) is 127 Å². The van der Waals surface area contributed by atoms with Crippen LogP contribution in [0.2, 0.25) is 0 Å². The van der Waals surface area contributed by atoms with Gasteiger partial charge < -0.3 is 0 Å². The molecule has 0 bridgehead atoms. The van der Waals surface area contributed by atoms with E-state index in [1.807, 2.05) is 115 Å². The first-order valence-electron chi connectivity index (χ1n) is 12.4. The van der Waals surface area contributed by atoms with Crippen molar-refractivity contribution in [1.29, 1.82) is 0 Å². The Morgan fingerprint density at radius 1 is 0.450 bits per heavy atom. The average molecular weight is 520 g/mol. The number of rotatable bonds is 8. The number of aliphatic imine (C=N–C) groups is 3. The highest BCUT2D eigenvalue weighted by Gasteiger charge is 2.40. The lowest BCUT2D eigenvalue weighted by Crippen LogP contribution is -2.27. The molecule has 0 aliphatic carbocycles. The van der Waals surface area contributed by atoms with Crippen LogP contribution in [0.5, 0.6) is 0 Å². The summed E-state index contributed by atoms with van der Waals surface area (Å²) in [6, 6.07) is 39.4. The van der Waals surface area contributed by atoms with Gasteiger partial charge in [-0.15, -0.1) is 0 Å². The third-order valence-electron chi connectivity index (χ3n) is 6.76. The van der Waals surface area contributed by atoms with E-state index in [4.69, 9.17) is 0 Å². The Morgan fingerprint density at radius 2 is 0.950 bits per heavy atom. The largest absolute Gasteiger partial charge is 0.240 e. The molecule has 40 heavy (non-hydrogen) atoms. The Bertz CT molecular complexity index is 1790. The Kier molecular flexibility index (Phi) is 7.60. The van der Waals surface area contributed by atoms with E-state index in [9.17, 15) is 14.4 Å². The van der Waals surface area contributed by atoms with Crippen molar-refractivity contribution in [1.82, 2.24) is 0 Å². The van der Waals surface area contributed by atoms with E-state index in [1.54, 1.807) is 30.4 Å². The maximum absolute atomic E-state index is 12.1. The second-order valence-corrected chi connectivity index (χ2v) is 8.85. The number of isocyanates is 3. The van der Waals surface area contributed by atoms with E-state index >= 15 is 0 Å². The fourth-order valence-electron chi connectivity index (χ4n) is 4.99. The fraction of sp³-hybridized carbons (Fsp3) is 0.0294. The fourth-order valence-corrected chi connectivity index (χ4v) is 4.99. The van der Waals surface area contributed by atoms with Crippen LogP contribution in [-0.4, -0.2) is 18.2 Å². The van der Waals surface area contributed by atoms with Crippen LogP contribution < -0.4 is 0 Å². The normalized spacial score (nSPS) is 11.7. The van der Waals surface area contributed by atoms with Gasteiger partial charge in [0, 0.05) is 11.1 Å². The van der Waals surface area contributed by atoms with Gasteiger partial charge in [-0.05, 0) is 27.8 Å². The van der Waals surface area contributed by atoms with Crippen molar-refractivity contribution in [3.8, 4) is 22.3 Å². The molecule has 6 nitrogen and oxygen atoms in total. The van der Waals surface area contributed by atoms with E-state index in [1.165, 1.54) is 0 Å². The number of hydrogen-bond donors (Lipinski definition) is 0. The quantitative estimate of drug-likeness (QED) is 0.120. The first kappa shape index (κ1) is 25.9. The molecule has 6 heteroatoms. The van der Waals surface area contributed by atoms with E-state index in [2.05, 4.69) is 15.0 Å². The molecule has 0 N–H and O–H groups in total. The predicted molar refractivity (Wildman–Crippen MR) is 154 cm³/mol. The summed E-state index contributed by atoms with van der Waals surface area (Å²) in [7, 11) is 0. The molecule has 0 aromatic heterocycles. The topological polar surface area (TPSA) is 88.3 Å². The molecule has 0 heterocycles. The molecule has 0 aliphatic heterocycles. The van der Waals surface area contributed by atoms with Gasteiger partial charge in [0.15, 0.2) is 5.54 Å². The van der Waals surface area contributed by atoms with Crippen molar-refractivity contribution >= 4 is 29.6 Å². The molecule has 5 aromatic carbocycles. The van der Waals surface area contributed by atoms with Crippen LogP contribution in [0.1, 0.15) is 16.7 Å². The first-order valence-corrected chi connectivity index (χ1v) is 12.4. The summed E-state index contributed by atoms with van der Waals surface area (Å²) in [5, 5.41) is 0. The Balaban J connectivity index is 1.86. The minimum Gasteiger partial charge on any atom is -0.211 e. The second kappa shape index (κ2) is 11.7. The van der Waals surface area contributed by atoms with Crippen molar-refractivity contribution in [3.05, 3.63) is 144 Å². The third-order valence-corrected chi connectivity index (χ3v) is 6.76. The molecule has 5 rings (SSSR count). The summed E-state index contributed by atoms with van der Waals surface area (Å²) in [6.45, 7) is 0. The van der Waals surface area contributed by atoms with Crippen molar-refractivity contribution in [3.63, 3.8) is 0 Å². The molecule has 0 aliphatic rings. The second-order valence-electron chi connectivity index (χ2n) is 8.85. The molecular weight excluding hydrogens is 498 g/mol. The number of benzene rings is 5. The molecule has 0 amide bonds. The van der Waals surface area contributed by atoms with Gasteiger partial charge in [0.2, 0.25) is 18.2 Å². The molecule has 1 atom stereocenters. The van der Waals surface area contributed by atoms with Crippen LogP contribution in [0.15, 0.2) is 142 Å². The van der Waals surface area contributed by atoms with Crippen molar-refractivity contribution in [2.75, 3.05) is 0 Å². The summed E-state index contributed by atoms with van der Waals surface area (Å²) in [5.74, 6) is 0. The van der Waals surface area contributed by atoms with Gasteiger partial charge in [0.25, 0.3) is 0 Å². The lowest BCUT2D eigenvalue weighted by molar-refractivity contribution is 0.550. The minimum absolute atomic E-state index is 0.0506. The van der Waals surface area contributed by atoms with Crippen LogP contribution in [0.25, 0.3) is 22.3 Å². The summed E-state index contributed by atoms with van der Waals surface area (Å²) >= 11 is 0. The first-order chi connectivity index (χ1) is 19.7. The highest BCUT2D eigenvalue weighted by atomic mass is 16.1. The van der Waals surface area contributed by atoms with Crippen molar-refractivity contribution in [2.24, 2.45) is 15.0 Å². The van der Waals surface area contributed by atoms with Gasteiger partial charge in [-0.25, -0.2) is 14.4 Å². The summed E-state index contributed by atoms with van der Waals surface area (Å²) in [5.41, 5.74) is 3.60. The maximum atomic E-state index is 12.1. The zero-order chi connectivity index (χ0) is 27.8. The highest BCUT2D eigenvalue weighted by Crippen LogP contribution is 2.50. The Labute approximate surface area is 230 Å². The molecule has 0 fully saturated rings. The lowest BCUT2D eigenvalue weighted by Gasteiger charge is -2.32. The van der Waals surface area contributed by atoms with Gasteiger partial charge in [0.1, 0.15) is 11.4 Å². The van der Waals surface area contributed by atoms with E-state index < -0.39 is 5.54 Å². The van der Waals surface area contributed by atoms with Crippen molar-refractivity contribution < 1.29 is 14.4 Å². The summed E-state index contributed by atoms with van der Waals surface area (Å²) < 4.78 is 0. The molecule has 190 valence electrons. The van der Waals surface area contributed by atoms with Crippen LogP contribution in [0.4, 0.5) is 11.4 Å². The van der Waals surface area contributed by atoms with Crippen LogP contribution in [-0.2, 0) is 19.9 Å². The molecule has 1 unspecified atom stereocenters. The van der Waals surface area contributed by atoms with Crippen LogP contribution in [0.3, 0.4) is 0 Å². The monoisotopic (exact) mass is 519 g/mol. The van der Waals surface area contributed by atoms with Gasteiger partial charge in [0.05, 0.1) is 0 Å². The molecule has 5 aromatic rings. The smallest absolute Gasteiger partial charge is 0.211 e. The van der Waals surface area contributed by atoms with E-state index in [-0.39, 0.29) is 11.4 Å². The zero-order valence-corrected chi connectivity index (χ0v) is 21.2. The molecule has 0 spiro atoms. The van der Waals surface area contributed by atoms with Crippen LogP contribution >= 0.6 is 0 Å². The SMILES string of the molecule is O=C=Nc1c(-c2ccccc2)ccc(C(N=C=O)(c2ccccc2)c2ccc(-c3ccccc3)cc2)c1N=C=O. The predicted octanol–water partition coefficient (Wildman–Crippen LogP) is 7.58. The summed E-state index contributed by atoms with van der Waals surface area (Å²) in [6.07, 6.45) is 4.92. The average Bonchev–Trinajstić information content (AvgIpc) is 3.02. The molecule has 0 saturated heterocycles. The van der Waals surface area contributed by atoms with E-state index in [0.29, 0.717) is 22.3 Å². The minimum atomic E-state index is -1.48. The lowest BCUT2D eigenvalue weighted by atomic mass is 9.75. The third kappa shape index (κ3) is 4.77.